The summed E-state index contributed by atoms with van der Waals surface area (Å²) >= 11 is 6.06. The van der Waals surface area contributed by atoms with Crippen LogP contribution in [-0.4, -0.2) is 16.7 Å². The number of hydrogen-bond donors (Lipinski definition) is 2. The molecule has 0 aliphatic heterocycles. The van der Waals surface area contributed by atoms with Gasteiger partial charge in [-0.3, -0.25) is 0 Å². The van der Waals surface area contributed by atoms with E-state index in [1.165, 1.54) is 0 Å². The fraction of sp³-hybridized carbons (Fsp3) is 0.250. The van der Waals surface area contributed by atoms with Gasteiger partial charge < -0.3 is 10.8 Å². The van der Waals surface area contributed by atoms with Crippen LogP contribution >= 0.6 is 11.6 Å². The molecule has 0 radical (unpaired) electrons. The Morgan fingerprint density at radius 1 is 1.44 bits per heavy atom. The molecule has 0 amide bonds. The van der Waals surface area contributed by atoms with Gasteiger partial charge in [-0.15, -0.1) is 0 Å². The van der Waals surface area contributed by atoms with Crippen molar-refractivity contribution < 1.29 is 5.11 Å². The van der Waals surface area contributed by atoms with E-state index in [0.29, 0.717) is 10.7 Å². The number of rotatable bonds is 2. The maximum absolute atomic E-state index is 9.23. The van der Waals surface area contributed by atoms with Gasteiger partial charge in [-0.1, -0.05) is 29.8 Å². The van der Waals surface area contributed by atoms with Crippen LogP contribution in [-0.2, 0) is 5.54 Å². The second kappa shape index (κ2) is 4.01. The standard InChI is InChI=1S/C12H13ClN2O/c1-12(14,7-16)9-6-8-4-2-3-5-10(8)15-11(9)13/h2-6,16H,7,14H2,1H3. The molecule has 2 rings (SSSR count). The van der Waals surface area contributed by atoms with Crippen LogP contribution in [0.25, 0.3) is 10.9 Å². The quantitative estimate of drug-likeness (QED) is 0.785. The number of fused-ring (bicyclic) bond motifs is 1. The maximum Gasteiger partial charge on any atom is 0.134 e. The molecule has 16 heavy (non-hydrogen) atoms. The summed E-state index contributed by atoms with van der Waals surface area (Å²) in [5, 5.41) is 10.5. The highest BCUT2D eigenvalue weighted by molar-refractivity contribution is 6.30. The zero-order valence-electron chi connectivity index (χ0n) is 8.94. The summed E-state index contributed by atoms with van der Waals surface area (Å²) in [5.41, 5.74) is 6.57. The SMILES string of the molecule is CC(N)(CO)c1cc2ccccc2nc1Cl. The van der Waals surface area contributed by atoms with E-state index in [-0.39, 0.29) is 6.61 Å². The molecule has 4 heteroatoms. The van der Waals surface area contributed by atoms with Gasteiger partial charge in [0.1, 0.15) is 5.15 Å². The Bertz CT molecular complexity index is 525. The summed E-state index contributed by atoms with van der Waals surface area (Å²) in [6.07, 6.45) is 0. The number of halogens is 1. The molecule has 3 N–H and O–H groups in total. The molecule has 0 spiro atoms. The van der Waals surface area contributed by atoms with E-state index < -0.39 is 5.54 Å². The van der Waals surface area contributed by atoms with Gasteiger partial charge in [0.15, 0.2) is 0 Å². The molecule has 3 nitrogen and oxygen atoms in total. The topological polar surface area (TPSA) is 59.1 Å². The van der Waals surface area contributed by atoms with E-state index in [2.05, 4.69) is 4.98 Å². The molecule has 1 heterocycles. The minimum atomic E-state index is -0.867. The van der Waals surface area contributed by atoms with Gasteiger partial charge in [-0.2, -0.15) is 0 Å². The minimum absolute atomic E-state index is 0.174. The van der Waals surface area contributed by atoms with Gasteiger partial charge in [-0.05, 0) is 19.1 Å². The van der Waals surface area contributed by atoms with Crippen molar-refractivity contribution in [1.82, 2.24) is 4.98 Å². The summed E-state index contributed by atoms with van der Waals surface area (Å²) in [4.78, 5) is 4.26. The molecule has 0 aliphatic carbocycles. The van der Waals surface area contributed by atoms with E-state index in [9.17, 15) is 5.11 Å². The largest absolute Gasteiger partial charge is 0.394 e. The predicted molar refractivity (Wildman–Crippen MR) is 65.4 cm³/mol. The number of nitrogens with two attached hydrogens (primary N) is 1. The van der Waals surface area contributed by atoms with Crippen molar-refractivity contribution in [1.29, 1.82) is 0 Å². The third-order valence-corrected chi connectivity index (χ3v) is 2.91. The zero-order chi connectivity index (χ0) is 11.8. The third kappa shape index (κ3) is 1.89. The van der Waals surface area contributed by atoms with Gasteiger partial charge in [0.05, 0.1) is 17.7 Å². The minimum Gasteiger partial charge on any atom is -0.394 e. The zero-order valence-corrected chi connectivity index (χ0v) is 9.70. The number of aliphatic hydroxyl groups is 1. The van der Waals surface area contributed by atoms with Crippen molar-refractivity contribution in [2.45, 2.75) is 12.5 Å². The fourth-order valence-electron chi connectivity index (χ4n) is 1.58. The Balaban J connectivity index is 2.67. The molecule has 0 saturated heterocycles. The van der Waals surface area contributed by atoms with Crippen LogP contribution in [0.4, 0.5) is 0 Å². The molecule has 1 aromatic carbocycles. The van der Waals surface area contributed by atoms with Crippen LogP contribution in [0.3, 0.4) is 0 Å². The second-order valence-corrected chi connectivity index (χ2v) is 4.45. The molecule has 0 bridgehead atoms. The molecule has 1 aromatic heterocycles. The molecule has 1 atom stereocenters. The van der Waals surface area contributed by atoms with Crippen molar-refractivity contribution in [3.63, 3.8) is 0 Å². The maximum atomic E-state index is 9.23. The normalized spacial score (nSPS) is 15.0. The van der Waals surface area contributed by atoms with E-state index in [0.717, 1.165) is 10.9 Å². The van der Waals surface area contributed by atoms with Crippen LogP contribution in [0.15, 0.2) is 30.3 Å². The Kier molecular flexibility index (Phi) is 2.84. The molecular weight excluding hydrogens is 224 g/mol. The van der Waals surface area contributed by atoms with E-state index in [1.807, 2.05) is 30.3 Å². The van der Waals surface area contributed by atoms with E-state index in [1.54, 1.807) is 6.92 Å². The highest BCUT2D eigenvalue weighted by Crippen LogP contribution is 2.27. The van der Waals surface area contributed by atoms with E-state index in [4.69, 9.17) is 17.3 Å². The number of hydrogen-bond acceptors (Lipinski definition) is 3. The third-order valence-electron chi connectivity index (χ3n) is 2.62. The average Bonchev–Trinajstić information content (AvgIpc) is 2.28. The van der Waals surface area contributed by atoms with Crippen LogP contribution in [0.1, 0.15) is 12.5 Å². The summed E-state index contributed by atoms with van der Waals surface area (Å²) in [6.45, 7) is 1.55. The van der Waals surface area contributed by atoms with Gasteiger partial charge in [-0.25, -0.2) is 4.98 Å². The summed E-state index contributed by atoms with van der Waals surface area (Å²) in [7, 11) is 0. The van der Waals surface area contributed by atoms with Gasteiger partial charge >= 0.3 is 0 Å². The predicted octanol–water partition coefficient (Wildman–Crippen LogP) is 2.05. The smallest absolute Gasteiger partial charge is 0.134 e. The van der Waals surface area contributed by atoms with Crippen molar-refractivity contribution in [3.8, 4) is 0 Å². The van der Waals surface area contributed by atoms with Crippen molar-refractivity contribution in [2.75, 3.05) is 6.61 Å². The fourth-order valence-corrected chi connectivity index (χ4v) is 1.94. The molecule has 0 fully saturated rings. The Labute approximate surface area is 98.9 Å². The first-order valence-corrected chi connectivity index (χ1v) is 5.38. The van der Waals surface area contributed by atoms with Crippen LogP contribution in [0.2, 0.25) is 5.15 Å². The first-order chi connectivity index (χ1) is 7.54. The Morgan fingerprint density at radius 2 is 2.12 bits per heavy atom. The lowest BCUT2D eigenvalue weighted by atomic mass is 9.94. The number of para-hydroxylation sites is 1. The van der Waals surface area contributed by atoms with Crippen molar-refractivity contribution in [2.24, 2.45) is 5.73 Å². The highest BCUT2D eigenvalue weighted by atomic mass is 35.5. The summed E-state index contributed by atoms with van der Waals surface area (Å²) in [5.74, 6) is 0. The van der Waals surface area contributed by atoms with Crippen LogP contribution in [0, 0.1) is 0 Å². The van der Waals surface area contributed by atoms with Gasteiger partial charge in [0.25, 0.3) is 0 Å². The number of pyridine rings is 1. The lowest BCUT2D eigenvalue weighted by molar-refractivity contribution is 0.210. The molecule has 1 unspecified atom stereocenters. The average molecular weight is 237 g/mol. The first kappa shape index (κ1) is 11.3. The number of benzene rings is 1. The van der Waals surface area contributed by atoms with E-state index >= 15 is 0 Å². The number of aliphatic hydroxyl groups excluding tert-OH is 1. The number of aromatic nitrogens is 1. The first-order valence-electron chi connectivity index (χ1n) is 5.00. The van der Waals surface area contributed by atoms with Gasteiger partial charge in [0.2, 0.25) is 0 Å². The van der Waals surface area contributed by atoms with Crippen LogP contribution < -0.4 is 5.73 Å². The lowest BCUT2D eigenvalue weighted by Gasteiger charge is -2.23. The highest BCUT2D eigenvalue weighted by Gasteiger charge is 2.24. The lowest BCUT2D eigenvalue weighted by Crippen LogP contribution is -2.37. The Morgan fingerprint density at radius 3 is 2.81 bits per heavy atom. The summed E-state index contributed by atoms with van der Waals surface area (Å²) in [6, 6.07) is 9.53. The second-order valence-electron chi connectivity index (χ2n) is 4.10. The molecule has 2 aromatic rings. The molecular formula is C12H13ClN2O. The summed E-state index contributed by atoms with van der Waals surface area (Å²) < 4.78 is 0. The molecule has 84 valence electrons. The molecule has 0 saturated carbocycles. The van der Waals surface area contributed by atoms with Crippen molar-refractivity contribution >= 4 is 22.5 Å². The molecule has 0 aliphatic rings. The van der Waals surface area contributed by atoms with Gasteiger partial charge in [0, 0.05) is 10.9 Å². The Hall–Kier alpha value is -1.16. The monoisotopic (exact) mass is 236 g/mol. The van der Waals surface area contributed by atoms with Crippen LogP contribution in [0.5, 0.6) is 0 Å². The van der Waals surface area contributed by atoms with Crippen molar-refractivity contribution in [3.05, 3.63) is 41.0 Å². The number of nitrogens with zero attached hydrogens (tertiary/aromatic N) is 1.